The van der Waals surface area contributed by atoms with E-state index in [1.54, 1.807) is 0 Å². The second-order valence-electron chi connectivity index (χ2n) is 5.32. The van der Waals surface area contributed by atoms with Crippen molar-refractivity contribution in [2.24, 2.45) is 0 Å². The lowest BCUT2D eigenvalue weighted by atomic mass is 9.99. The van der Waals surface area contributed by atoms with Crippen molar-refractivity contribution in [1.29, 1.82) is 0 Å². The Labute approximate surface area is 122 Å². The molecule has 1 aliphatic rings. The third kappa shape index (κ3) is 3.72. The van der Waals surface area contributed by atoms with E-state index in [-0.39, 0.29) is 12.1 Å². The van der Waals surface area contributed by atoms with Crippen LogP contribution in [0.2, 0.25) is 0 Å². The molecule has 1 fully saturated rings. The van der Waals surface area contributed by atoms with Crippen LogP contribution in [0.15, 0.2) is 24.3 Å². The molecule has 0 aliphatic carbocycles. The Morgan fingerprint density at radius 3 is 2.95 bits per heavy atom. The number of ether oxygens (including phenoxy) is 2. The van der Waals surface area contributed by atoms with E-state index < -0.39 is 0 Å². The average molecular weight is 278 g/mol. The van der Waals surface area contributed by atoms with Gasteiger partial charge >= 0.3 is 0 Å². The molecule has 20 heavy (non-hydrogen) atoms. The van der Waals surface area contributed by atoms with E-state index in [1.807, 2.05) is 19.2 Å². The molecule has 1 N–H and O–H groups in total. The van der Waals surface area contributed by atoms with Crippen LogP contribution in [0.25, 0.3) is 0 Å². The Balaban J connectivity index is 2.17. The van der Waals surface area contributed by atoms with E-state index >= 15 is 0 Å². The van der Waals surface area contributed by atoms with Crippen molar-refractivity contribution < 1.29 is 9.47 Å². The van der Waals surface area contributed by atoms with E-state index in [9.17, 15) is 0 Å². The number of hydrogen-bond acceptors (Lipinski definition) is 4. The van der Waals surface area contributed by atoms with Gasteiger partial charge in [-0.15, -0.1) is 0 Å². The number of likely N-dealkylation sites (N-methyl/N-ethyl adjacent to an activating group) is 2. The predicted octanol–water partition coefficient (Wildman–Crippen LogP) is 2.07. The molecule has 1 heterocycles. The van der Waals surface area contributed by atoms with Crippen LogP contribution in [-0.4, -0.2) is 51.4 Å². The lowest BCUT2D eigenvalue weighted by Gasteiger charge is -2.35. The molecule has 0 saturated carbocycles. The zero-order valence-corrected chi connectivity index (χ0v) is 12.8. The third-order valence-electron chi connectivity index (χ3n) is 3.70. The minimum absolute atomic E-state index is 0.158. The molecule has 1 aromatic rings. The molecule has 0 radical (unpaired) electrons. The summed E-state index contributed by atoms with van der Waals surface area (Å²) < 4.78 is 11.8. The maximum atomic E-state index is 5.96. The maximum absolute atomic E-state index is 5.96. The van der Waals surface area contributed by atoms with Gasteiger partial charge in [-0.2, -0.15) is 0 Å². The van der Waals surface area contributed by atoms with Crippen molar-refractivity contribution in [3.8, 4) is 5.75 Å². The second kappa shape index (κ2) is 7.62. The van der Waals surface area contributed by atoms with Crippen LogP contribution in [0.4, 0.5) is 0 Å². The SMILES string of the molecule is CCCOc1ccccc1C(NC)C1CN(C)CCO1. The summed E-state index contributed by atoms with van der Waals surface area (Å²) in [5.74, 6) is 0.963. The Morgan fingerprint density at radius 2 is 2.25 bits per heavy atom. The van der Waals surface area contributed by atoms with Gasteiger partial charge in [0.15, 0.2) is 0 Å². The molecule has 1 saturated heterocycles. The molecule has 1 aromatic carbocycles. The Hall–Kier alpha value is -1.10. The van der Waals surface area contributed by atoms with Gasteiger partial charge in [0.2, 0.25) is 0 Å². The fourth-order valence-electron chi connectivity index (χ4n) is 2.64. The molecule has 0 spiro atoms. The fraction of sp³-hybridized carbons (Fsp3) is 0.625. The van der Waals surface area contributed by atoms with Gasteiger partial charge in [0, 0.05) is 18.7 Å². The van der Waals surface area contributed by atoms with Gasteiger partial charge in [-0.25, -0.2) is 0 Å². The number of benzene rings is 1. The normalized spacial score (nSPS) is 21.6. The molecule has 0 amide bonds. The van der Waals surface area contributed by atoms with Crippen molar-refractivity contribution in [1.82, 2.24) is 10.2 Å². The van der Waals surface area contributed by atoms with Gasteiger partial charge < -0.3 is 19.7 Å². The molecule has 1 aliphatic heterocycles. The van der Waals surface area contributed by atoms with Crippen LogP contribution in [0.3, 0.4) is 0 Å². The zero-order valence-electron chi connectivity index (χ0n) is 12.8. The zero-order chi connectivity index (χ0) is 14.4. The van der Waals surface area contributed by atoms with Crippen molar-refractivity contribution in [3.05, 3.63) is 29.8 Å². The van der Waals surface area contributed by atoms with Crippen molar-refractivity contribution in [2.75, 3.05) is 40.4 Å². The average Bonchev–Trinajstić information content (AvgIpc) is 2.47. The lowest BCUT2D eigenvalue weighted by Crippen LogP contribution is -2.46. The summed E-state index contributed by atoms with van der Waals surface area (Å²) in [5.41, 5.74) is 1.18. The van der Waals surface area contributed by atoms with Crippen LogP contribution < -0.4 is 10.1 Å². The molecule has 2 unspecified atom stereocenters. The number of rotatable bonds is 6. The van der Waals surface area contributed by atoms with E-state index in [0.717, 1.165) is 38.5 Å². The Kier molecular flexibility index (Phi) is 5.83. The summed E-state index contributed by atoms with van der Waals surface area (Å²) in [6.45, 7) is 5.60. The second-order valence-corrected chi connectivity index (χ2v) is 5.32. The highest BCUT2D eigenvalue weighted by molar-refractivity contribution is 5.36. The van der Waals surface area contributed by atoms with Gasteiger partial charge in [-0.05, 0) is 26.6 Å². The van der Waals surface area contributed by atoms with Crippen molar-refractivity contribution in [3.63, 3.8) is 0 Å². The third-order valence-corrected chi connectivity index (χ3v) is 3.70. The number of para-hydroxylation sites is 1. The first-order chi connectivity index (χ1) is 9.76. The quantitative estimate of drug-likeness (QED) is 0.863. The molecule has 0 bridgehead atoms. The number of nitrogens with zero attached hydrogens (tertiary/aromatic N) is 1. The number of hydrogen-bond donors (Lipinski definition) is 1. The van der Waals surface area contributed by atoms with Gasteiger partial charge in [0.05, 0.1) is 25.4 Å². The Morgan fingerprint density at radius 1 is 1.45 bits per heavy atom. The molecule has 4 heteroatoms. The maximum Gasteiger partial charge on any atom is 0.124 e. The predicted molar refractivity (Wildman–Crippen MR) is 81.3 cm³/mol. The standard InChI is InChI=1S/C16H26N2O2/c1-4-10-19-14-8-6-5-7-13(14)16(17-2)15-12-18(3)9-11-20-15/h5-8,15-17H,4,9-12H2,1-3H3. The molecular weight excluding hydrogens is 252 g/mol. The van der Waals surface area contributed by atoms with E-state index in [2.05, 4.69) is 36.3 Å². The minimum Gasteiger partial charge on any atom is -0.493 e. The summed E-state index contributed by atoms with van der Waals surface area (Å²) in [5, 5.41) is 3.39. The lowest BCUT2D eigenvalue weighted by molar-refractivity contribution is -0.0384. The van der Waals surface area contributed by atoms with Crippen molar-refractivity contribution in [2.45, 2.75) is 25.5 Å². The highest BCUT2D eigenvalue weighted by Crippen LogP contribution is 2.29. The number of morpholine rings is 1. The molecule has 112 valence electrons. The molecular formula is C16H26N2O2. The number of nitrogens with one attached hydrogen (secondary N) is 1. The largest absolute Gasteiger partial charge is 0.493 e. The summed E-state index contributed by atoms with van der Waals surface area (Å²) in [6, 6.07) is 8.41. The van der Waals surface area contributed by atoms with Crippen LogP contribution in [0.5, 0.6) is 5.75 Å². The fourth-order valence-corrected chi connectivity index (χ4v) is 2.64. The van der Waals surface area contributed by atoms with Crippen LogP contribution in [0.1, 0.15) is 24.9 Å². The van der Waals surface area contributed by atoms with E-state index in [4.69, 9.17) is 9.47 Å². The first kappa shape index (κ1) is 15.3. The highest BCUT2D eigenvalue weighted by atomic mass is 16.5. The van der Waals surface area contributed by atoms with Crippen LogP contribution in [-0.2, 0) is 4.74 Å². The summed E-state index contributed by atoms with van der Waals surface area (Å²) in [6.07, 6.45) is 1.17. The first-order valence-corrected chi connectivity index (χ1v) is 7.45. The molecule has 4 nitrogen and oxygen atoms in total. The topological polar surface area (TPSA) is 33.7 Å². The van der Waals surface area contributed by atoms with Gasteiger partial charge in [0.1, 0.15) is 5.75 Å². The smallest absolute Gasteiger partial charge is 0.124 e. The van der Waals surface area contributed by atoms with Crippen LogP contribution in [0, 0.1) is 0 Å². The summed E-state index contributed by atoms with van der Waals surface area (Å²) in [4.78, 5) is 2.31. The van der Waals surface area contributed by atoms with Crippen LogP contribution >= 0.6 is 0 Å². The first-order valence-electron chi connectivity index (χ1n) is 7.45. The minimum atomic E-state index is 0.158. The van der Waals surface area contributed by atoms with Crippen molar-refractivity contribution >= 4 is 0 Å². The summed E-state index contributed by atoms with van der Waals surface area (Å²) in [7, 11) is 4.13. The molecule has 2 atom stereocenters. The van der Waals surface area contributed by atoms with Gasteiger partial charge in [-0.3, -0.25) is 0 Å². The molecule has 0 aromatic heterocycles. The summed E-state index contributed by atoms with van der Waals surface area (Å²) >= 11 is 0. The molecule has 2 rings (SSSR count). The monoisotopic (exact) mass is 278 g/mol. The Bertz CT molecular complexity index is 411. The van der Waals surface area contributed by atoms with Gasteiger partial charge in [-0.1, -0.05) is 25.1 Å². The van der Waals surface area contributed by atoms with E-state index in [1.165, 1.54) is 5.56 Å². The highest BCUT2D eigenvalue weighted by Gasteiger charge is 2.28. The van der Waals surface area contributed by atoms with E-state index in [0.29, 0.717) is 0 Å². The van der Waals surface area contributed by atoms with Gasteiger partial charge in [0.25, 0.3) is 0 Å².